The quantitative estimate of drug-likeness (QED) is 0.799. The average Bonchev–Trinajstić information content (AvgIpc) is 2.49. The molecule has 1 aromatic rings. The van der Waals surface area contributed by atoms with Crippen LogP contribution >= 0.6 is 24.0 Å². The van der Waals surface area contributed by atoms with Crippen LogP contribution in [0, 0.1) is 0 Å². The minimum absolute atomic E-state index is 0. The lowest BCUT2D eigenvalue weighted by Crippen LogP contribution is -2.37. The summed E-state index contributed by atoms with van der Waals surface area (Å²) >= 11 is 5.80. The summed E-state index contributed by atoms with van der Waals surface area (Å²) in [4.78, 5) is 0. The Labute approximate surface area is 101 Å². The molecule has 2 nitrogen and oxygen atoms in total. The van der Waals surface area contributed by atoms with Crippen molar-refractivity contribution in [1.82, 2.24) is 5.32 Å². The summed E-state index contributed by atoms with van der Waals surface area (Å²) in [5, 5.41) is 14.4. The first-order valence-electron chi connectivity index (χ1n) is 4.85. The van der Waals surface area contributed by atoms with Crippen LogP contribution in [0.1, 0.15) is 18.9 Å². The van der Waals surface area contributed by atoms with Gasteiger partial charge in [-0.1, -0.05) is 23.7 Å². The number of halogens is 2. The van der Waals surface area contributed by atoms with Crippen LogP contribution in [0.25, 0.3) is 0 Å². The largest absolute Gasteiger partial charge is 0.383 e. The van der Waals surface area contributed by atoms with Gasteiger partial charge in [0, 0.05) is 11.1 Å². The van der Waals surface area contributed by atoms with E-state index in [-0.39, 0.29) is 18.4 Å². The van der Waals surface area contributed by atoms with E-state index in [1.54, 1.807) is 0 Å². The second-order valence-electron chi connectivity index (χ2n) is 3.86. The number of hydrogen-bond donors (Lipinski definition) is 2. The van der Waals surface area contributed by atoms with E-state index in [1.807, 2.05) is 31.2 Å². The maximum absolute atomic E-state index is 10.4. The summed E-state index contributed by atoms with van der Waals surface area (Å²) in [6.07, 6.45) is 0.760. The molecule has 0 amide bonds. The molecule has 0 radical (unpaired) electrons. The number of nitrogens with one attached hydrogen (secondary N) is 1. The van der Waals surface area contributed by atoms with Crippen molar-refractivity contribution in [2.75, 3.05) is 6.54 Å². The highest BCUT2D eigenvalue weighted by Gasteiger charge is 2.39. The maximum Gasteiger partial charge on any atom is 0.106 e. The lowest BCUT2D eigenvalue weighted by Gasteiger charge is -2.27. The molecule has 1 fully saturated rings. The van der Waals surface area contributed by atoms with Crippen molar-refractivity contribution in [2.45, 2.75) is 25.0 Å². The third-order valence-electron chi connectivity index (χ3n) is 3.02. The van der Waals surface area contributed by atoms with E-state index in [1.165, 1.54) is 0 Å². The van der Waals surface area contributed by atoms with Crippen LogP contribution in [0.4, 0.5) is 0 Å². The molecule has 1 saturated heterocycles. The molecule has 0 aliphatic carbocycles. The van der Waals surface area contributed by atoms with Crippen molar-refractivity contribution >= 4 is 24.0 Å². The Kier molecular flexibility index (Phi) is 4.01. The Morgan fingerprint density at radius 2 is 2.00 bits per heavy atom. The fourth-order valence-electron chi connectivity index (χ4n) is 2.00. The zero-order chi connectivity index (χ0) is 10.2. The Morgan fingerprint density at radius 1 is 1.40 bits per heavy atom. The molecule has 84 valence electrons. The predicted molar refractivity (Wildman–Crippen MR) is 64.7 cm³/mol. The lowest BCUT2D eigenvalue weighted by molar-refractivity contribution is 0.0293. The molecule has 1 aliphatic heterocycles. The molecule has 2 N–H and O–H groups in total. The predicted octanol–water partition coefficient (Wildman–Crippen LogP) is 2.33. The SMILES string of the molecule is CC1NCCC1(O)c1ccc(Cl)cc1.Cl. The minimum atomic E-state index is -0.732. The molecule has 2 rings (SSSR count). The van der Waals surface area contributed by atoms with Crippen molar-refractivity contribution < 1.29 is 5.11 Å². The van der Waals surface area contributed by atoms with Crippen LogP contribution in [0.3, 0.4) is 0 Å². The lowest BCUT2D eigenvalue weighted by atomic mass is 9.88. The topological polar surface area (TPSA) is 32.3 Å². The number of aliphatic hydroxyl groups is 1. The summed E-state index contributed by atoms with van der Waals surface area (Å²) < 4.78 is 0. The van der Waals surface area contributed by atoms with Crippen LogP contribution < -0.4 is 5.32 Å². The molecular formula is C11H15Cl2NO. The van der Waals surface area contributed by atoms with E-state index >= 15 is 0 Å². The average molecular weight is 248 g/mol. The molecule has 0 spiro atoms. The molecule has 1 heterocycles. The van der Waals surface area contributed by atoms with Gasteiger partial charge >= 0.3 is 0 Å². The van der Waals surface area contributed by atoms with Crippen LogP contribution in [-0.2, 0) is 5.60 Å². The Balaban J connectivity index is 0.00000112. The van der Waals surface area contributed by atoms with Gasteiger partial charge in [0.1, 0.15) is 5.60 Å². The van der Waals surface area contributed by atoms with Crippen LogP contribution in [0.15, 0.2) is 24.3 Å². The second-order valence-corrected chi connectivity index (χ2v) is 4.29. The molecule has 1 aliphatic rings. The summed E-state index contributed by atoms with van der Waals surface area (Å²) in [6.45, 7) is 2.86. The summed E-state index contributed by atoms with van der Waals surface area (Å²) in [6, 6.07) is 7.53. The van der Waals surface area contributed by atoms with Crippen LogP contribution in [0.2, 0.25) is 5.02 Å². The highest BCUT2D eigenvalue weighted by atomic mass is 35.5. The van der Waals surface area contributed by atoms with Crippen molar-refractivity contribution in [1.29, 1.82) is 0 Å². The van der Waals surface area contributed by atoms with E-state index in [4.69, 9.17) is 11.6 Å². The summed E-state index contributed by atoms with van der Waals surface area (Å²) in [5.41, 5.74) is 0.212. The first-order chi connectivity index (χ1) is 6.63. The molecule has 2 unspecified atom stereocenters. The minimum Gasteiger partial charge on any atom is -0.383 e. The molecule has 4 heteroatoms. The summed E-state index contributed by atoms with van der Waals surface area (Å²) in [5.74, 6) is 0. The van der Waals surface area contributed by atoms with Crippen LogP contribution in [0.5, 0.6) is 0 Å². The molecule has 15 heavy (non-hydrogen) atoms. The molecular weight excluding hydrogens is 233 g/mol. The van der Waals surface area contributed by atoms with Crippen molar-refractivity contribution in [3.05, 3.63) is 34.9 Å². The second kappa shape index (κ2) is 4.71. The van der Waals surface area contributed by atoms with Gasteiger partial charge in [-0.15, -0.1) is 12.4 Å². The standard InChI is InChI=1S/C11H14ClNO.ClH/c1-8-11(14,6-7-13-8)9-2-4-10(12)5-3-9;/h2-5,8,13-14H,6-7H2,1H3;1H. The van der Waals surface area contributed by atoms with Crippen molar-refractivity contribution in [3.8, 4) is 0 Å². The highest BCUT2D eigenvalue weighted by molar-refractivity contribution is 6.30. The summed E-state index contributed by atoms with van der Waals surface area (Å²) in [7, 11) is 0. The third kappa shape index (κ3) is 2.28. The van der Waals surface area contributed by atoms with Gasteiger partial charge < -0.3 is 10.4 Å². The molecule has 0 saturated carbocycles. The van der Waals surface area contributed by atoms with Crippen LogP contribution in [-0.4, -0.2) is 17.7 Å². The number of rotatable bonds is 1. The van der Waals surface area contributed by atoms with Gasteiger partial charge in [0.25, 0.3) is 0 Å². The van der Waals surface area contributed by atoms with E-state index in [0.717, 1.165) is 18.5 Å². The van der Waals surface area contributed by atoms with Crippen molar-refractivity contribution in [2.24, 2.45) is 0 Å². The monoisotopic (exact) mass is 247 g/mol. The molecule has 2 atom stereocenters. The van der Waals surface area contributed by atoms with Gasteiger partial charge in [0.15, 0.2) is 0 Å². The first kappa shape index (κ1) is 12.8. The van der Waals surface area contributed by atoms with Crippen molar-refractivity contribution in [3.63, 3.8) is 0 Å². The fraction of sp³-hybridized carbons (Fsp3) is 0.455. The van der Waals surface area contributed by atoms with Gasteiger partial charge in [-0.3, -0.25) is 0 Å². The zero-order valence-corrected chi connectivity index (χ0v) is 10.1. The van der Waals surface area contributed by atoms with E-state index in [9.17, 15) is 5.11 Å². The van der Waals surface area contributed by atoms with Gasteiger partial charge in [-0.25, -0.2) is 0 Å². The molecule has 1 aromatic carbocycles. The fourth-order valence-corrected chi connectivity index (χ4v) is 2.12. The van der Waals surface area contributed by atoms with Gasteiger partial charge in [0.2, 0.25) is 0 Å². The highest BCUT2D eigenvalue weighted by Crippen LogP contribution is 2.32. The van der Waals surface area contributed by atoms with Gasteiger partial charge in [0.05, 0.1) is 0 Å². The Morgan fingerprint density at radius 3 is 2.47 bits per heavy atom. The van der Waals surface area contributed by atoms with E-state index in [2.05, 4.69) is 5.32 Å². The van der Waals surface area contributed by atoms with Gasteiger partial charge in [-0.05, 0) is 37.6 Å². The Bertz CT molecular complexity index is 328. The normalized spacial score (nSPS) is 29.9. The smallest absolute Gasteiger partial charge is 0.106 e. The molecule has 0 aromatic heterocycles. The number of benzene rings is 1. The zero-order valence-electron chi connectivity index (χ0n) is 8.53. The molecule has 0 bridgehead atoms. The third-order valence-corrected chi connectivity index (χ3v) is 3.27. The van der Waals surface area contributed by atoms with E-state index < -0.39 is 5.60 Å². The maximum atomic E-state index is 10.4. The van der Waals surface area contributed by atoms with Gasteiger partial charge in [-0.2, -0.15) is 0 Å². The Hall–Kier alpha value is -0.280. The van der Waals surface area contributed by atoms with E-state index in [0.29, 0.717) is 5.02 Å². The number of hydrogen-bond acceptors (Lipinski definition) is 2. The first-order valence-corrected chi connectivity index (χ1v) is 5.22.